The molecular weight excluding hydrogens is 308 g/mol. The summed E-state index contributed by atoms with van der Waals surface area (Å²) in [5, 5.41) is 15.0. The van der Waals surface area contributed by atoms with Crippen LogP contribution in [0.25, 0.3) is 10.6 Å². The molecule has 1 unspecified atom stereocenters. The second-order valence-electron chi connectivity index (χ2n) is 4.78. The summed E-state index contributed by atoms with van der Waals surface area (Å²) in [5.74, 6) is -0.0908. The molecule has 1 aromatic heterocycles. The van der Waals surface area contributed by atoms with E-state index >= 15 is 0 Å². The van der Waals surface area contributed by atoms with Crippen LogP contribution in [-0.4, -0.2) is 28.6 Å². The van der Waals surface area contributed by atoms with Crippen LogP contribution < -0.4 is 5.32 Å². The van der Waals surface area contributed by atoms with Gasteiger partial charge in [-0.25, -0.2) is 4.98 Å². The molecule has 1 aromatic carbocycles. The minimum atomic E-state index is -0.0908. The zero-order valence-electron chi connectivity index (χ0n) is 11.7. The Bertz CT molecular complexity index is 615. The van der Waals surface area contributed by atoms with Gasteiger partial charge in [-0.15, -0.1) is 11.3 Å². The van der Waals surface area contributed by atoms with Crippen molar-refractivity contribution in [2.75, 3.05) is 6.61 Å². The second-order valence-corrected chi connectivity index (χ2v) is 6.05. The van der Waals surface area contributed by atoms with E-state index < -0.39 is 0 Å². The van der Waals surface area contributed by atoms with Gasteiger partial charge in [0.2, 0.25) is 5.91 Å². The van der Waals surface area contributed by atoms with Crippen molar-refractivity contribution in [3.05, 3.63) is 40.4 Å². The van der Waals surface area contributed by atoms with E-state index in [1.165, 1.54) is 11.3 Å². The highest BCUT2D eigenvalue weighted by molar-refractivity contribution is 7.13. The highest BCUT2D eigenvalue weighted by Crippen LogP contribution is 2.30. The second kappa shape index (κ2) is 7.54. The van der Waals surface area contributed by atoms with Crippen LogP contribution in [0.2, 0.25) is 5.02 Å². The van der Waals surface area contributed by atoms with Crippen LogP contribution in [0.5, 0.6) is 0 Å². The Kier molecular flexibility index (Phi) is 5.73. The summed E-state index contributed by atoms with van der Waals surface area (Å²) in [7, 11) is 0. The van der Waals surface area contributed by atoms with Crippen molar-refractivity contribution in [1.29, 1.82) is 0 Å². The molecule has 0 aliphatic rings. The normalized spacial score (nSPS) is 12.1. The Morgan fingerprint density at radius 2 is 2.24 bits per heavy atom. The molecule has 0 radical (unpaired) electrons. The number of aliphatic hydroxyl groups excluding tert-OH is 1. The van der Waals surface area contributed by atoms with E-state index in [1.54, 1.807) is 0 Å². The summed E-state index contributed by atoms with van der Waals surface area (Å²) in [6.45, 7) is 1.93. The maximum atomic E-state index is 11.9. The van der Waals surface area contributed by atoms with Crippen molar-refractivity contribution in [3.8, 4) is 10.6 Å². The Morgan fingerprint density at radius 3 is 2.95 bits per heavy atom. The number of aromatic nitrogens is 1. The number of aliphatic hydroxyl groups is 1. The minimum absolute atomic E-state index is 0.0378. The molecule has 1 heterocycles. The van der Waals surface area contributed by atoms with E-state index in [9.17, 15) is 4.79 Å². The fourth-order valence-electron chi connectivity index (χ4n) is 1.90. The molecule has 2 rings (SSSR count). The molecule has 0 saturated carbocycles. The fourth-order valence-corrected chi connectivity index (χ4v) is 3.04. The summed E-state index contributed by atoms with van der Waals surface area (Å²) in [4.78, 5) is 16.3. The van der Waals surface area contributed by atoms with Crippen molar-refractivity contribution < 1.29 is 9.90 Å². The summed E-state index contributed by atoms with van der Waals surface area (Å²) in [5.41, 5.74) is 1.60. The number of hydrogen-bond acceptors (Lipinski definition) is 4. The molecule has 0 aliphatic carbocycles. The average Bonchev–Trinajstić information content (AvgIpc) is 2.87. The summed E-state index contributed by atoms with van der Waals surface area (Å²) in [6, 6.07) is 7.47. The van der Waals surface area contributed by atoms with Gasteiger partial charge in [0.05, 0.1) is 17.1 Å². The number of rotatable bonds is 6. The average molecular weight is 325 g/mol. The molecule has 0 bridgehead atoms. The SMILES string of the molecule is CC(CCO)NC(=O)Cc1csc(-c2ccccc2Cl)n1. The molecule has 1 atom stereocenters. The number of amides is 1. The zero-order valence-corrected chi connectivity index (χ0v) is 13.2. The van der Waals surface area contributed by atoms with Gasteiger partial charge in [0.25, 0.3) is 0 Å². The van der Waals surface area contributed by atoms with E-state index in [4.69, 9.17) is 16.7 Å². The number of benzene rings is 1. The van der Waals surface area contributed by atoms with Crippen molar-refractivity contribution in [2.24, 2.45) is 0 Å². The highest BCUT2D eigenvalue weighted by Gasteiger charge is 2.12. The van der Waals surface area contributed by atoms with Crippen LogP contribution in [0, 0.1) is 0 Å². The summed E-state index contributed by atoms with van der Waals surface area (Å²) in [6.07, 6.45) is 0.782. The number of nitrogens with zero attached hydrogens (tertiary/aromatic N) is 1. The highest BCUT2D eigenvalue weighted by atomic mass is 35.5. The van der Waals surface area contributed by atoms with Crippen LogP contribution in [0.1, 0.15) is 19.0 Å². The third-order valence-electron chi connectivity index (χ3n) is 2.97. The van der Waals surface area contributed by atoms with Gasteiger partial charge >= 0.3 is 0 Å². The van der Waals surface area contributed by atoms with E-state index in [-0.39, 0.29) is 25.0 Å². The van der Waals surface area contributed by atoms with Gasteiger partial charge in [-0.3, -0.25) is 4.79 Å². The number of carbonyl (C=O) groups is 1. The van der Waals surface area contributed by atoms with Gasteiger partial charge in [0.1, 0.15) is 5.01 Å². The van der Waals surface area contributed by atoms with Crippen LogP contribution >= 0.6 is 22.9 Å². The summed E-state index contributed by atoms with van der Waals surface area (Å²) >= 11 is 7.61. The van der Waals surface area contributed by atoms with Crippen LogP contribution in [0.4, 0.5) is 0 Å². The molecule has 2 aromatic rings. The molecule has 6 heteroatoms. The largest absolute Gasteiger partial charge is 0.396 e. The molecule has 1 amide bonds. The number of nitrogens with one attached hydrogen (secondary N) is 1. The molecule has 0 spiro atoms. The van der Waals surface area contributed by atoms with Crippen LogP contribution in [0.15, 0.2) is 29.6 Å². The number of hydrogen-bond donors (Lipinski definition) is 2. The molecule has 4 nitrogen and oxygen atoms in total. The first-order valence-corrected chi connectivity index (χ1v) is 7.95. The zero-order chi connectivity index (χ0) is 15.2. The number of carbonyl (C=O) groups excluding carboxylic acids is 1. The van der Waals surface area contributed by atoms with Crippen molar-refractivity contribution in [2.45, 2.75) is 25.8 Å². The van der Waals surface area contributed by atoms with E-state index in [0.717, 1.165) is 16.3 Å². The maximum absolute atomic E-state index is 11.9. The monoisotopic (exact) mass is 324 g/mol. The molecular formula is C15H17ClN2O2S. The lowest BCUT2D eigenvalue weighted by molar-refractivity contribution is -0.121. The third-order valence-corrected chi connectivity index (χ3v) is 4.22. The first kappa shape index (κ1) is 15.9. The Balaban J connectivity index is 2.01. The van der Waals surface area contributed by atoms with Crippen LogP contribution in [0.3, 0.4) is 0 Å². The van der Waals surface area contributed by atoms with Crippen molar-refractivity contribution >= 4 is 28.8 Å². The number of halogens is 1. The topological polar surface area (TPSA) is 62.2 Å². The van der Waals surface area contributed by atoms with Crippen molar-refractivity contribution in [3.63, 3.8) is 0 Å². The quantitative estimate of drug-likeness (QED) is 0.859. The lowest BCUT2D eigenvalue weighted by Crippen LogP contribution is -2.34. The summed E-state index contributed by atoms with van der Waals surface area (Å²) < 4.78 is 0. The van der Waals surface area contributed by atoms with Gasteiger partial charge in [-0.1, -0.05) is 29.8 Å². The third kappa shape index (κ3) is 4.52. The lowest BCUT2D eigenvalue weighted by Gasteiger charge is -2.11. The Morgan fingerprint density at radius 1 is 1.48 bits per heavy atom. The molecule has 0 aliphatic heterocycles. The molecule has 0 saturated heterocycles. The Hall–Kier alpha value is -1.43. The molecule has 112 valence electrons. The first-order valence-electron chi connectivity index (χ1n) is 6.69. The standard InChI is InChI=1S/C15H17ClN2O2S/c1-10(6-7-19)17-14(20)8-11-9-21-15(18-11)12-4-2-3-5-13(12)16/h2-5,9-10,19H,6-8H2,1H3,(H,17,20). The van der Waals surface area contributed by atoms with E-state index in [2.05, 4.69) is 10.3 Å². The van der Waals surface area contributed by atoms with E-state index in [0.29, 0.717) is 11.4 Å². The van der Waals surface area contributed by atoms with Crippen molar-refractivity contribution in [1.82, 2.24) is 10.3 Å². The smallest absolute Gasteiger partial charge is 0.226 e. The predicted octanol–water partition coefficient (Wildman–Crippen LogP) is 2.89. The van der Waals surface area contributed by atoms with Gasteiger partial charge in [-0.2, -0.15) is 0 Å². The number of thiazole rings is 1. The first-order chi connectivity index (χ1) is 10.1. The van der Waals surface area contributed by atoms with Crippen LogP contribution in [-0.2, 0) is 11.2 Å². The fraction of sp³-hybridized carbons (Fsp3) is 0.333. The minimum Gasteiger partial charge on any atom is -0.396 e. The van der Waals surface area contributed by atoms with Gasteiger partial charge in [0, 0.05) is 23.6 Å². The lowest BCUT2D eigenvalue weighted by atomic mass is 10.2. The van der Waals surface area contributed by atoms with Gasteiger partial charge in [0.15, 0.2) is 0 Å². The molecule has 2 N–H and O–H groups in total. The maximum Gasteiger partial charge on any atom is 0.226 e. The van der Waals surface area contributed by atoms with Gasteiger partial charge < -0.3 is 10.4 Å². The molecule has 0 fully saturated rings. The van der Waals surface area contributed by atoms with E-state index in [1.807, 2.05) is 36.6 Å². The predicted molar refractivity (Wildman–Crippen MR) is 85.6 cm³/mol. The Labute approximate surface area is 132 Å². The molecule has 21 heavy (non-hydrogen) atoms. The van der Waals surface area contributed by atoms with Gasteiger partial charge in [-0.05, 0) is 19.4 Å².